The Balaban J connectivity index is 0. The molecule has 4 unspecified atom stereocenters. The van der Waals surface area contributed by atoms with Crippen LogP contribution in [-0.2, 0) is 23.9 Å². The van der Waals surface area contributed by atoms with Crippen molar-refractivity contribution in [3.8, 4) is 11.1 Å². The number of carboxylic acid groups (broad SMARTS) is 1. The summed E-state index contributed by atoms with van der Waals surface area (Å²) in [6.07, 6.45) is 0.781. The van der Waals surface area contributed by atoms with Crippen LogP contribution >= 0.6 is 11.8 Å². The number of nitrogens with two attached hydrogens (primary N) is 1. The molecule has 0 spiro atoms. The smallest absolute Gasteiger partial charge is 0.554 e. The van der Waals surface area contributed by atoms with Crippen molar-refractivity contribution in [3.05, 3.63) is 60.2 Å². The number of carbonyl (C=O) groups excluding carboxylic acids is 4. The third kappa shape index (κ3) is 22.0. The number of thioether (sulfide) groups is 1. The number of aldehydes is 1. The van der Waals surface area contributed by atoms with Crippen LogP contribution < -0.4 is 45.7 Å². The van der Waals surface area contributed by atoms with Crippen molar-refractivity contribution in [2.45, 2.75) is 77.5 Å². The van der Waals surface area contributed by atoms with E-state index in [-0.39, 0.29) is 41.4 Å². The molecule has 0 bridgehead atoms. The van der Waals surface area contributed by atoms with E-state index < -0.39 is 31.1 Å². The second-order valence-electron chi connectivity index (χ2n) is 9.28. The molecule has 1 fully saturated rings. The van der Waals surface area contributed by atoms with E-state index in [1.807, 2.05) is 56.3 Å². The molecular formula is C32H47N2NaO9S. The first-order valence-electron chi connectivity index (χ1n) is 14.6. The number of amides is 2. The minimum Gasteiger partial charge on any atom is -0.554 e. The first-order chi connectivity index (χ1) is 21.2. The predicted octanol–water partition coefficient (Wildman–Crippen LogP) is -0.683. The Morgan fingerprint density at radius 3 is 2.24 bits per heavy atom. The van der Waals surface area contributed by atoms with Crippen molar-refractivity contribution < 1.29 is 73.5 Å². The summed E-state index contributed by atoms with van der Waals surface area (Å²) in [5.74, 6) is 1.17. The van der Waals surface area contributed by atoms with E-state index >= 15 is 0 Å². The molecule has 2 aromatic rings. The number of carbonyl (C=O) groups is 4. The average Bonchev–Trinajstić information content (AvgIpc) is 3.02. The second-order valence-corrected chi connectivity index (χ2v) is 10.5. The molecule has 246 valence electrons. The van der Waals surface area contributed by atoms with Gasteiger partial charge in [-0.2, -0.15) is 11.8 Å². The summed E-state index contributed by atoms with van der Waals surface area (Å²) in [5.41, 5.74) is 7.16. The third-order valence-corrected chi connectivity index (χ3v) is 6.92. The van der Waals surface area contributed by atoms with Gasteiger partial charge in [0.1, 0.15) is 6.29 Å². The molecule has 2 aromatic carbocycles. The summed E-state index contributed by atoms with van der Waals surface area (Å²) in [6, 6.07) is 17.4. The van der Waals surface area contributed by atoms with Crippen LogP contribution in [0.5, 0.6) is 0 Å². The van der Waals surface area contributed by atoms with Crippen LogP contribution in [0.25, 0.3) is 11.1 Å². The summed E-state index contributed by atoms with van der Waals surface area (Å²) in [4.78, 5) is 40.3. The molecule has 45 heavy (non-hydrogen) atoms. The van der Waals surface area contributed by atoms with Gasteiger partial charge in [0.05, 0.1) is 24.9 Å². The number of rotatable bonds is 14. The minimum absolute atomic E-state index is 0. The number of aliphatic hydroxyl groups is 2. The normalized spacial score (nSPS) is 17.1. The fraction of sp³-hybridized carbons (Fsp3) is 0.500. The summed E-state index contributed by atoms with van der Waals surface area (Å²) < 4.78 is 11.6. The molecule has 3 rings (SSSR count). The number of ether oxygens (including phenoxy) is 2. The summed E-state index contributed by atoms with van der Waals surface area (Å²) in [6.45, 7) is 5.59. The Labute approximate surface area is 292 Å². The van der Waals surface area contributed by atoms with Crippen LogP contribution in [0.4, 0.5) is 0 Å². The molecule has 2 amide bonds. The van der Waals surface area contributed by atoms with E-state index in [2.05, 4.69) is 11.1 Å². The summed E-state index contributed by atoms with van der Waals surface area (Å²) in [5, 5.41) is 31.9. The maximum atomic E-state index is 12.5. The Kier molecular flexibility index (Phi) is 29.0. The molecule has 11 nitrogen and oxygen atoms in total. The van der Waals surface area contributed by atoms with E-state index in [1.165, 1.54) is 6.92 Å². The van der Waals surface area contributed by atoms with E-state index in [0.717, 1.165) is 35.3 Å². The molecule has 1 aliphatic heterocycles. The number of hydrogen-bond acceptors (Lipinski definition) is 10. The van der Waals surface area contributed by atoms with Gasteiger partial charge in [0.25, 0.3) is 5.91 Å². The van der Waals surface area contributed by atoms with Gasteiger partial charge in [-0.05, 0) is 47.6 Å². The average molecular weight is 659 g/mol. The molecular weight excluding hydrogens is 611 g/mol. The predicted molar refractivity (Wildman–Crippen MR) is 170 cm³/mol. The quantitative estimate of drug-likeness (QED) is 0.115. The molecule has 1 saturated heterocycles. The molecule has 0 saturated carbocycles. The summed E-state index contributed by atoms with van der Waals surface area (Å²) >= 11 is 1.70. The fourth-order valence-corrected chi connectivity index (χ4v) is 4.71. The Hall–Kier alpha value is -2.29. The molecule has 0 aliphatic carbocycles. The Bertz CT molecular complexity index is 1040. The van der Waals surface area contributed by atoms with Crippen LogP contribution in [0.15, 0.2) is 54.6 Å². The van der Waals surface area contributed by atoms with Gasteiger partial charge in [0, 0.05) is 44.8 Å². The van der Waals surface area contributed by atoms with Crippen LogP contribution in [-0.4, -0.2) is 84.0 Å². The van der Waals surface area contributed by atoms with Crippen molar-refractivity contribution in [3.63, 3.8) is 0 Å². The van der Waals surface area contributed by atoms with Gasteiger partial charge >= 0.3 is 29.6 Å². The van der Waals surface area contributed by atoms with Crippen LogP contribution in [0.1, 0.15) is 63.2 Å². The Morgan fingerprint density at radius 2 is 1.67 bits per heavy atom. The van der Waals surface area contributed by atoms with Gasteiger partial charge < -0.3 is 45.4 Å². The van der Waals surface area contributed by atoms with E-state index in [0.29, 0.717) is 44.4 Å². The molecule has 13 heteroatoms. The van der Waals surface area contributed by atoms with Crippen molar-refractivity contribution in [2.75, 3.05) is 24.7 Å². The van der Waals surface area contributed by atoms with Crippen LogP contribution in [0.2, 0.25) is 0 Å². The maximum absolute atomic E-state index is 12.5. The zero-order valence-electron chi connectivity index (χ0n) is 26.8. The summed E-state index contributed by atoms with van der Waals surface area (Å²) in [7, 11) is 0. The molecule has 0 aromatic heterocycles. The van der Waals surface area contributed by atoms with Gasteiger partial charge in [-0.1, -0.05) is 56.3 Å². The van der Waals surface area contributed by atoms with Crippen molar-refractivity contribution in [2.24, 2.45) is 5.73 Å². The first-order valence-corrected chi connectivity index (χ1v) is 15.8. The molecule has 4 atom stereocenters. The van der Waals surface area contributed by atoms with Crippen molar-refractivity contribution in [1.29, 1.82) is 0 Å². The third-order valence-electron chi connectivity index (χ3n) is 5.82. The SMILES string of the molecule is CC.CC(N)=O.O=CCCSCCCOC1CC(O)CC(C(O)CCNC(=O)c2ccc(-c3ccccc3)cc2)O1.O=C[O-].[Na+]. The molecule has 0 radical (unpaired) electrons. The Morgan fingerprint density at radius 1 is 1.09 bits per heavy atom. The number of nitrogens with one attached hydrogen (secondary N) is 1. The maximum Gasteiger partial charge on any atom is 1.00 e. The number of benzene rings is 2. The van der Waals surface area contributed by atoms with Crippen molar-refractivity contribution >= 4 is 36.3 Å². The first kappa shape index (κ1) is 44.8. The largest absolute Gasteiger partial charge is 1.00 e. The van der Waals surface area contributed by atoms with Gasteiger partial charge in [-0.25, -0.2) is 0 Å². The minimum atomic E-state index is -0.823. The molecule has 1 heterocycles. The van der Waals surface area contributed by atoms with E-state index in [4.69, 9.17) is 19.4 Å². The van der Waals surface area contributed by atoms with E-state index in [1.54, 1.807) is 23.9 Å². The number of aliphatic hydroxyl groups excluding tert-OH is 2. The second kappa shape index (κ2) is 29.1. The number of primary amides is 1. The van der Waals surface area contributed by atoms with Gasteiger partial charge in [0.15, 0.2) is 6.29 Å². The van der Waals surface area contributed by atoms with E-state index in [9.17, 15) is 24.6 Å². The zero-order chi connectivity index (χ0) is 33.2. The van der Waals surface area contributed by atoms with Crippen LogP contribution in [0.3, 0.4) is 0 Å². The monoisotopic (exact) mass is 658 g/mol. The number of hydrogen-bond donors (Lipinski definition) is 4. The van der Waals surface area contributed by atoms with Crippen LogP contribution in [0, 0.1) is 0 Å². The standard InChI is InChI=1S/C27H35NO6S.C2H5NO.C2H6.CH2O2.Na/c29-14-4-16-35-17-5-15-33-26-19-23(30)18-25(34-26)24(31)12-13-28-27(32)22-10-8-21(9-11-22)20-6-2-1-3-7-20;1-2(3)4;1-2;2-1-3;/h1-3,6-11,14,23-26,30-31H,4-5,12-13,15-19H2,(H,28,32);1H3,(H2,3,4);1-2H3;1H,(H,2,3);/q;;;;+1/p-1. The van der Waals surface area contributed by atoms with Gasteiger partial charge in [-0.3, -0.25) is 9.59 Å². The molecule has 5 N–H and O–H groups in total. The fourth-order valence-electron chi connectivity index (χ4n) is 3.92. The molecule has 1 aliphatic rings. The zero-order valence-corrected chi connectivity index (χ0v) is 29.6. The van der Waals surface area contributed by atoms with Gasteiger partial charge in [0.2, 0.25) is 5.91 Å². The topological polar surface area (TPSA) is 188 Å². The van der Waals surface area contributed by atoms with Crippen molar-refractivity contribution in [1.82, 2.24) is 5.32 Å². The van der Waals surface area contributed by atoms with Gasteiger partial charge in [-0.15, -0.1) is 0 Å².